The van der Waals surface area contributed by atoms with Crippen LogP contribution in [0.5, 0.6) is 5.75 Å². The van der Waals surface area contributed by atoms with E-state index in [1.54, 1.807) is 6.26 Å². The minimum absolute atomic E-state index is 0.231. The highest BCUT2D eigenvalue weighted by Crippen LogP contribution is 2.32. The van der Waals surface area contributed by atoms with Crippen molar-refractivity contribution in [3.63, 3.8) is 0 Å². The first-order valence-corrected chi connectivity index (χ1v) is 7.40. The van der Waals surface area contributed by atoms with Crippen molar-refractivity contribution in [3.8, 4) is 5.75 Å². The molecule has 3 rings (SSSR count). The molecule has 2 unspecified atom stereocenters. The van der Waals surface area contributed by atoms with Gasteiger partial charge in [-0.2, -0.15) is 0 Å². The quantitative estimate of drug-likeness (QED) is 0.917. The van der Waals surface area contributed by atoms with Gasteiger partial charge in [-0.3, -0.25) is 4.90 Å². The van der Waals surface area contributed by atoms with Gasteiger partial charge in [0.25, 0.3) is 0 Å². The molecule has 1 aromatic heterocycles. The largest absolute Gasteiger partial charge is 0.493 e. The van der Waals surface area contributed by atoms with Gasteiger partial charge in [-0.05, 0) is 32.3 Å². The topological polar surface area (TPSA) is 37.6 Å². The lowest BCUT2D eigenvalue weighted by Gasteiger charge is -2.30. The maximum atomic E-state index is 5.71. The average Bonchev–Trinajstić information content (AvgIpc) is 3.01. The molecule has 1 aliphatic heterocycles. The second-order valence-corrected chi connectivity index (χ2v) is 5.63. The Morgan fingerprint density at radius 3 is 2.86 bits per heavy atom. The number of likely N-dealkylation sites (N-methyl/N-ethyl adjacent to an activating group) is 1. The van der Waals surface area contributed by atoms with Crippen LogP contribution in [-0.2, 0) is 0 Å². The van der Waals surface area contributed by atoms with Gasteiger partial charge in [0, 0.05) is 24.6 Å². The Balaban J connectivity index is 1.70. The maximum Gasteiger partial charge on any atom is 0.124 e. The molecule has 21 heavy (non-hydrogen) atoms. The van der Waals surface area contributed by atoms with Gasteiger partial charge < -0.3 is 14.5 Å². The number of ether oxygens (including phenoxy) is 1. The molecule has 2 aromatic rings. The fraction of sp³-hybridized carbons (Fsp3) is 0.412. The maximum absolute atomic E-state index is 5.71. The molecule has 4 nitrogen and oxygen atoms in total. The van der Waals surface area contributed by atoms with Crippen molar-refractivity contribution in [1.82, 2.24) is 10.2 Å². The minimum Gasteiger partial charge on any atom is -0.493 e. The summed E-state index contributed by atoms with van der Waals surface area (Å²) in [5.41, 5.74) is 1.25. The lowest BCUT2D eigenvalue weighted by molar-refractivity contribution is 0.219. The number of hydrogen-bond donors (Lipinski definition) is 1. The van der Waals surface area contributed by atoms with Crippen LogP contribution < -0.4 is 10.1 Å². The molecule has 0 radical (unpaired) electrons. The second-order valence-electron chi connectivity index (χ2n) is 5.63. The van der Waals surface area contributed by atoms with E-state index in [9.17, 15) is 0 Å². The molecule has 4 heteroatoms. The Morgan fingerprint density at radius 2 is 2.10 bits per heavy atom. The highest BCUT2D eigenvalue weighted by Gasteiger charge is 2.23. The third-order valence-electron chi connectivity index (χ3n) is 4.01. The van der Waals surface area contributed by atoms with Gasteiger partial charge in [0.1, 0.15) is 11.5 Å². The van der Waals surface area contributed by atoms with Crippen LogP contribution in [-0.4, -0.2) is 32.1 Å². The fourth-order valence-electron chi connectivity index (χ4n) is 2.83. The van der Waals surface area contributed by atoms with E-state index in [0.717, 1.165) is 31.1 Å². The van der Waals surface area contributed by atoms with Crippen molar-refractivity contribution < 1.29 is 9.15 Å². The monoisotopic (exact) mass is 286 g/mol. The van der Waals surface area contributed by atoms with Gasteiger partial charge in [0.05, 0.1) is 18.9 Å². The number of para-hydroxylation sites is 1. The first-order chi connectivity index (χ1) is 10.3. The fourth-order valence-corrected chi connectivity index (χ4v) is 2.83. The second kappa shape index (κ2) is 6.33. The van der Waals surface area contributed by atoms with Gasteiger partial charge in [-0.1, -0.05) is 18.2 Å². The van der Waals surface area contributed by atoms with Gasteiger partial charge in [0.15, 0.2) is 0 Å². The van der Waals surface area contributed by atoms with Gasteiger partial charge in [0.2, 0.25) is 0 Å². The molecule has 0 amide bonds. The predicted octanol–water partition coefficient (Wildman–Crippen LogP) is 3.00. The third-order valence-corrected chi connectivity index (χ3v) is 4.01. The molecule has 2 atom stereocenters. The number of nitrogens with one attached hydrogen (secondary N) is 1. The van der Waals surface area contributed by atoms with E-state index < -0.39 is 0 Å². The summed E-state index contributed by atoms with van der Waals surface area (Å²) in [4.78, 5) is 2.18. The summed E-state index contributed by atoms with van der Waals surface area (Å²) >= 11 is 0. The highest BCUT2D eigenvalue weighted by atomic mass is 16.5. The summed E-state index contributed by atoms with van der Waals surface area (Å²) < 4.78 is 11.3. The molecule has 0 spiro atoms. The molecule has 2 heterocycles. The summed E-state index contributed by atoms with van der Waals surface area (Å²) in [5.74, 6) is 1.99. The third kappa shape index (κ3) is 3.12. The predicted molar refractivity (Wildman–Crippen MR) is 82.4 cm³/mol. The Morgan fingerprint density at radius 1 is 1.24 bits per heavy atom. The van der Waals surface area contributed by atoms with E-state index in [-0.39, 0.29) is 6.04 Å². The molecule has 1 N–H and O–H groups in total. The normalized spacial score (nSPS) is 19.1. The molecule has 112 valence electrons. The molecular weight excluding hydrogens is 264 g/mol. The van der Waals surface area contributed by atoms with E-state index in [4.69, 9.17) is 9.15 Å². The molecule has 0 bridgehead atoms. The lowest BCUT2D eigenvalue weighted by Crippen LogP contribution is -2.35. The summed E-state index contributed by atoms with van der Waals surface area (Å²) in [7, 11) is 4.15. The molecular formula is C17H22N2O2. The van der Waals surface area contributed by atoms with Crippen LogP contribution in [0.1, 0.15) is 29.8 Å². The standard InChI is InChI=1S/C17H22N2O2/c1-19(2)15(17-8-5-10-20-17)12-18-14-9-11-21-16-7-4-3-6-13(14)16/h3-8,10,14-15,18H,9,11-12H2,1-2H3. The van der Waals surface area contributed by atoms with E-state index in [2.05, 4.69) is 36.4 Å². The van der Waals surface area contributed by atoms with Gasteiger partial charge in [-0.15, -0.1) is 0 Å². The Bertz CT molecular complexity index is 566. The number of fused-ring (bicyclic) bond motifs is 1. The van der Waals surface area contributed by atoms with Crippen molar-refractivity contribution in [1.29, 1.82) is 0 Å². The van der Waals surface area contributed by atoms with Crippen LogP contribution in [0.15, 0.2) is 47.1 Å². The van der Waals surface area contributed by atoms with Crippen LogP contribution in [0.2, 0.25) is 0 Å². The zero-order valence-electron chi connectivity index (χ0n) is 12.6. The zero-order valence-corrected chi connectivity index (χ0v) is 12.6. The summed E-state index contributed by atoms with van der Waals surface area (Å²) in [6, 6.07) is 12.8. The molecule has 1 aromatic carbocycles. The van der Waals surface area contributed by atoms with Gasteiger partial charge >= 0.3 is 0 Å². The van der Waals surface area contributed by atoms with Crippen LogP contribution in [0.4, 0.5) is 0 Å². The lowest BCUT2D eigenvalue weighted by atomic mass is 10.00. The number of nitrogens with zero attached hydrogens (tertiary/aromatic N) is 1. The molecule has 0 saturated carbocycles. The SMILES string of the molecule is CN(C)C(CNC1CCOc2ccccc21)c1ccco1. The van der Waals surface area contributed by atoms with E-state index in [1.165, 1.54) is 5.56 Å². The number of benzene rings is 1. The van der Waals surface area contributed by atoms with Crippen molar-refractivity contribution in [3.05, 3.63) is 54.0 Å². The number of furan rings is 1. The average molecular weight is 286 g/mol. The van der Waals surface area contributed by atoms with Gasteiger partial charge in [-0.25, -0.2) is 0 Å². The van der Waals surface area contributed by atoms with Crippen LogP contribution in [0.25, 0.3) is 0 Å². The Kier molecular flexibility index (Phi) is 4.27. The minimum atomic E-state index is 0.231. The van der Waals surface area contributed by atoms with E-state index in [0.29, 0.717) is 6.04 Å². The molecule has 1 aliphatic rings. The zero-order chi connectivity index (χ0) is 14.7. The van der Waals surface area contributed by atoms with Crippen LogP contribution in [0.3, 0.4) is 0 Å². The molecule has 0 aliphatic carbocycles. The van der Waals surface area contributed by atoms with Crippen molar-refractivity contribution in [2.24, 2.45) is 0 Å². The van der Waals surface area contributed by atoms with E-state index in [1.807, 2.05) is 24.3 Å². The van der Waals surface area contributed by atoms with Crippen molar-refractivity contribution in [2.45, 2.75) is 18.5 Å². The molecule has 0 saturated heterocycles. The smallest absolute Gasteiger partial charge is 0.124 e. The van der Waals surface area contributed by atoms with Crippen molar-refractivity contribution >= 4 is 0 Å². The summed E-state index contributed by atoms with van der Waals surface area (Å²) in [6.45, 7) is 1.61. The first-order valence-electron chi connectivity index (χ1n) is 7.40. The first kappa shape index (κ1) is 14.2. The number of rotatable bonds is 5. The summed E-state index contributed by atoms with van der Waals surface area (Å²) in [6.07, 6.45) is 2.73. The van der Waals surface area contributed by atoms with E-state index >= 15 is 0 Å². The summed E-state index contributed by atoms with van der Waals surface area (Å²) in [5, 5.41) is 3.67. The highest BCUT2D eigenvalue weighted by molar-refractivity contribution is 5.37. The number of hydrogen-bond acceptors (Lipinski definition) is 4. The Labute approximate surface area is 125 Å². The van der Waals surface area contributed by atoms with Crippen LogP contribution >= 0.6 is 0 Å². The van der Waals surface area contributed by atoms with Crippen molar-refractivity contribution in [2.75, 3.05) is 27.2 Å². The molecule has 0 fully saturated rings. The van der Waals surface area contributed by atoms with Crippen LogP contribution in [0, 0.1) is 0 Å². The Hall–Kier alpha value is -1.78.